The van der Waals surface area contributed by atoms with Crippen LogP contribution < -0.4 is 11.1 Å². The van der Waals surface area contributed by atoms with E-state index in [2.05, 4.69) is 18.8 Å². The Morgan fingerprint density at radius 3 is 2.74 bits per heavy atom. The van der Waals surface area contributed by atoms with Crippen molar-refractivity contribution in [2.75, 3.05) is 26.3 Å². The van der Waals surface area contributed by atoms with Crippen LogP contribution in [0.25, 0.3) is 0 Å². The number of rotatable bonds is 8. The fourth-order valence-electron chi connectivity index (χ4n) is 2.53. The molecule has 0 aromatic carbocycles. The lowest BCUT2D eigenvalue weighted by Crippen LogP contribution is -2.48. The van der Waals surface area contributed by atoms with Crippen molar-refractivity contribution in [2.45, 2.75) is 39.0 Å². The van der Waals surface area contributed by atoms with Gasteiger partial charge in [0.1, 0.15) is 0 Å². The highest BCUT2D eigenvalue weighted by Gasteiger charge is 2.39. The molecule has 0 aromatic rings. The summed E-state index contributed by atoms with van der Waals surface area (Å²) < 4.78 is 5.38. The molecule has 0 unspecified atom stereocenters. The van der Waals surface area contributed by atoms with Gasteiger partial charge in [-0.2, -0.15) is 0 Å². The van der Waals surface area contributed by atoms with Crippen molar-refractivity contribution in [3.63, 3.8) is 0 Å². The second-order valence-electron chi connectivity index (χ2n) is 5.61. The number of carbonyl (C=O) groups is 1. The lowest BCUT2D eigenvalue weighted by molar-refractivity contribution is -0.133. The smallest absolute Gasteiger partial charge is 0.227 e. The van der Waals surface area contributed by atoms with E-state index in [1.165, 1.54) is 0 Å². The normalized spacial score (nSPS) is 26.9. The van der Waals surface area contributed by atoms with Crippen LogP contribution in [-0.4, -0.2) is 32.2 Å². The molecule has 1 rings (SSSR count). The maximum Gasteiger partial charge on any atom is 0.227 e. The minimum Gasteiger partial charge on any atom is -0.379 e. The second-order valence-corrected chi connectivity index (χ2v) is 5.61. The van der Waals surface area contributed by atoms with Crippen LogP contribution in [0.2, 0.25) is 0 Å². The Labute approximate surface area is 116 Å². The summed E-state index contributed by atoms with van der Waals surface area (Å²) in [6, 6.07) is 0. The number of ether oxygens (including phenoxy) is 1. The average Bonchev–Trinajstić information content (AvgIpc) is 2.43. The first-order valence-corrected chi connectivity index (χ1v) is 7.31. The molecule has 0 heterocycles. The van der Waals surface area contributed by atoms with Crippen LogP contribution in [0.15, 0.2) is 12.7 Å². The Morgan fingerprint density at radius 2 is 2.16 bits per heavy atom. The van der Waals surface area contributed by atoms with Gasteiger partial charge < -0.3 is 15.8 Å². The van der Waals surface area contributed by atoms with Crippen molar-refractivity contribution in [1.29, 1.82) is 0 Å². The fourth-order valence-corrected chi connectivity index (χ4v) is 2.53. The van der Waals surface area contributed by atoms with Gasteiger partial charge in [-0.1, -0.05) is 13.0 Å². The first-order chi connectivity index (χ1) is 9.14. The van der Waals surface area contributed by atoms with Gasteiger partial charge in [-0.15, -0.1) is 6.58 Å². The Kier molecular flexibility index (Phi) is 7.10. The topological polar surface area (TPSA) is 64.3 Å². The zero-order valence-electron chi connectivity index (χ0n) is 12.1. The lowest BCUT2D eigenvalue weighted by atomic mass is 9.70. The molecule has 110 valence electrons. The number of nitrogens with two attached hydrogens (primary N) is 1. The van der Waals surface area contributed by atoms with Crippen LogP contribution in [0.3, 0.4) is 0 Å². The third-order valence-corrected chi connectivity index (χ3v) is 4.10. The van der Waals surface area contributed by atoms with E-state index in [9.17, 15) is 4.79 Å². The first-order valence-electron chi connectivity index (χ1n) is 7.31. The third kappa shape index (κ3) is 4.96. The second kappa shape index (κ2) is 8.33. The van der Waals surface area contributed by atoms with Crippen LogP contribution in [0.4, 0.5) is 0 Å². The van der Waals surface area contributed by atoms with Crippen molar-refractivity contribution < 1.29 is 9.53 Å². The van der Waals surface area contributed by atoms with E-state index in [4.69, 9.17) is 10.5 Å². The molecule has 1 amide bonds. The molecule has 4 nitrogen and oxygen atoms in total. The van der Waals surface area contributed by atoms with Crippen LogP contribution in [-0.2, 0) is 9.53 Å². The highest BCUT2D eigenvalue weighted by atomic mass is 16.5. The van der Waals surface area contributed by atoms with Gasteiger partial charge in [0.05, 0.1) is 18.6 Å². The summed E-state index contributed by atoms with van der Waals surface area (Å²) in [5.74, 6) is 0.823. The summed E-state index contributed by atoms with van der Waals surface area (Å²) in [5, 5.41) is 2.97. The van der Waals surface area contributed by atoms with Gasteiger partial charge in [0.25, 0.3) is 0 Å². The van der Waals surface area contributed by atoms with E-state index >= 15 is 0 Å². The van der Waals surface area contributed by atoms with Gasteiger partial charge in [0, 0.05) is 13.1 Å². The van der Waals surface area contributed by atoms with Crippen molar-refractivity contribution >= 4 is 5.91 Å². The summed E-state index contributed by atoms with van der Waals surface area (Å²) >= 11 is 0. The first kappa shape index (κ1) is 16.2. The number of nitrogens with one attached hydrogen (secondary N) is 1. The zero-order valence-corrected chi connectivity index (χ0v) is 12.1. The minimum absolute atomic E-state index is 0.106. The molecule has 0 spiro atoms. The average molecular weight is 268 g/mol. The highest BCUT2D eigenvalue weighted by Crippen LogP contribution is 2.38. The molecule has 1 fully saturated rings. The highest BCUT2D eigenvalue weighted by molar-refractivity contribution is 5.83. The Bertz CT molecular complexity index is 284. The van der Waals surface area contributed by atoms with Gasteiger partial charge >= 0.3 is 0 Å². The molecule has 0 bridgehead atoms. The summed E-state index contributed by atoms with van der Waals surface area (Å²) in [5.41, 5.74) is 5.51. The van der Waals surface area contributed by atoms with Gasteiger partial charge in [-0.3, -0.25) is 4.79 Å². The zero-order chi connectivity index (χ0) is 14.1. The Balaban J connectivity index is 2.28. The molecular weight excluding hydrogens is 240 g/mol. The van der Waals surface area contributed by atoms with E-state index in [0.717, 1.165) is 38.0 Å². The molecule has 4 heteroatoms. The van der Waals surface area contributed by atoms with Gasteiger partial charge in [0.2, 0.25) is 5.91 Å². The number of carbonyl (C=O) groups excluding carboxylic acids is 1. The predicted octanol–water partition coefficient (Wildman–Crippen LogP) is 1.85. The van der Waals surface area contributed by atoms with E-state index < -0.39 is 0 Å². The van der Waals surface area contributed by atoms with E-state index in [-0.39, 0.29) is 11.3 Å². The number of amides is 1. The van der Waals surface area contributed by atoms with E-state index in [1.807, 2.05) is 6.08 Å². The quantitative estimate of drug-likeness (QED) is 0.521. The minimum atomic E-state index is -0.340. The van der Waals surface area contributed by atoms with Gasteiger partial charge in [-0.05, 0) is 38.0 Å². The number of hydrogen-bond acceptors (Lipinski definition) is 3. The molecular formula is C15H28N2O2. The van der Waals surface area contributed by atoms with Crippen LogP contribution in [0.5, 0.6) is 0 Å². The van der Waals surface area contributed by atoms with E-state index in [0.29, 0.717) is 26.3 Å². The summed E-state index contributed by atoms with van der Waals surface area (Å²) in [4.78, 5) is 12.3. The molecule has 0 aliphatic heterocycles. The molecule has 1 aliphatic carbocycles. The molecule has 3 N–H and O–H groups in total. The third-order valence-electron chi connectivity index (χ3n) is 4.10. The Hall–Kier alpha value is -0.870. The summed E-state index contributed by atoms with van der Waals surface area (Å²) in [6.45, 7) is 8.10. The van der Waals surface area contributed by atoms with Crippen molar-refractivity contribution in [3.8, 4) is 0 Å². The van der Waals surface area contributed by atoms with E-state index in [1.54, 1.807) is 0 Å². The van der Waals surface area contributed by atoms with Crippen molar-refractivity contribution in [1.82, 2.24) is 5.32 Å². The SMILES string of the molecule is C=CCCOCCNC(=O)C1(CN)CCC(C)CC1. The predicted molar refractivity (Wildman–Crippen MR) is 77.8 cm³/mol. The lowest BCUT2D eigenvalue weighted by Gasteiger charge is -2.37. The maximum atomic E-state index is 12.3. The van der Waals surface area contributed by atoms with Gasteiger partial charge in [0.15, 0.2) is 0 Å². The van der Waals surface area contributed by atoms with Crippen LogP contribution >= 0.6 is 0 Å². The molecule has 1 saturated carbocycles. The molecule has 0 radical (unpaired) electrons. The van der Waals surface area contributed by atoms with Crippen LogP contribution in [0, 0.1) is 11.3 Å². The molecule has 0 atom stereocenters. The van der Waals surface area contributed by atoms with Crippen molar-refractivity contribution in [2.24, 2.45) is 17.1 Å². The van der Waals surface area contributed by atoms with Crippen LogP contribution in [0.1, 0.15) is 39.0 Å². The summed E-state index contributed by atoms with van der Waals surface area (Å²) in [6.07, 6.45) is 6.69. The largest absolute Gasteiger partial charge is 0.379 e. The summed E-state index contributed by atoms with van der Waals surface area (Å²) in [7, 11) is 0. The monoisotopic (exact) mass is 268 g/mol. The Morgan fingerprint density at radius 1 is 1.47 bits per heavy atom. The molecule has 1 aliphatic rings. The van der Waals surface area contributed by atoms with Gasteiger partial charge in [-0.25, -0.2) is 0 Å². The number of hydrogen-bond donors (Lipinski definition) is 2. The molecule has 0 saturated heterocycles. The molecule has 19 heavy (non-hydrogen) atoms. The maximum absolute atomic E-state index is 12.3. The fraction of sp³-hybridized carbons (Fsp3) is 0.800. The molecule has 0 aromatic heterocycles. The van der Waals surface area contributed by atoms with Crippen molar-refractivity contribution in [3.05, 3.63) is 12.7 Å². The standard InChI is InChI=1S/C15H28N2O2/c1-3-4-10-19-11-9-17-14(18)15(12-16)7-5-13(2)6-8-15/h3,13H,1,4-12,16H2,2H3,(H,17,18).